The number of aromatic amines is 1. The number of ether oxygens (including phenoxy) is 1. The minimum absolute atomic E-state index is 0.0112. The van der Waals surface area contributed by atoms with E-state index in [0.29, 0.717) is 25.2 Å². The maximum atomic E-state index is 14.0. The van der Waals surface area contributed by atoms with Crippen LogP contribution in [0.25, 0.3) is 22.2 Å². The van der Waals surface area contributed by atoms with Crippen LogP contribution in [0.2, 0.25) is 0 Å². The van der Waals surface area contributed by atoms with E-state index in [2.05, 4.69) is 10.1 Å². The van der Waals surface area contributed by atoms with E-state index in [4.69, 9.17) is 4.74 Å². The Kier molecular flexibility index (Phi) is 7.34. The molecule has 0 bridgehead atoms. The first-order valence-corrected chi connectivity index (χ1v) is 12.6. The van der Waals surface area contributed by atoms with Crippen molar-refractivity contribution in [1.29, 1.82) is 0 Å². The fraction of sp³-hybridized carbons (Fsp3) is 0.429. The SMILES string of the molecule is CCCCOC(=O)N(n1c(=O)[nH]c2cc(C(F)(F)F)c(-c3ccnn3C(C)C)cc2c1=O)S(C)(=O)=O. The number of amides is 1. The second-order valence-electron chi connectivity index (χ2n) is 8.22. The molecule has 0 spiro atoms. The molecule has 15 heteroatoms. The van der Waals surface area contributed by atoms with Crippen LogP contribution in [0.3, 0.4) is 0 Å². The van der Waals surface area contributed by atoms with E-state index in [0.717, 1.165) is 6.07 Å². The van der Waals surface area contributed by atoms with Crippen LogP contribution in [-0.4, -0.2) is 46.8 Å². The molecule has 0 fully saturated rings. The molecule has 3 rings (SSSR count). The van der Waals surface area contributed by atoms with Crippen LogP contribution < -0.4 is 15.7 Å². The number of benzene rings is 1. The fourth-order valence-corrected chi connectivity index (χ4v) is 4.30. The van der Waals surface area contributed by atoms with Gasteiger partial charge in [-0.3, -0.25) is 9.48 Å². The molecule has 0 aliphatic rings. The zero-order chi connectivity index (χ0) is 27.0. The predicted octanol–water partition coefficient (Wildman–Crippen LogP) is 2.99. The number of halogens is 3. The van der Waals surface area contributed by atoms with E-state index in [-0.39, 0.29) is 27.4 Å². The average molecular weight is 532 g/mol. The minimum Gasteiger partial charge on any atom is -0.447 e. The van der Waals surface area contributed by atoms with Crippen LogP contribution in [0.4, 0.5) is 18.0 Å². The van der Waals surface area contributed by atoms with Gasteiger partial charge in [0.15, 0.2) is 0 Å². The van der Waals surface area contributed by atoms with Crippen molar-refractivity contribution in [3.05, 3.63) is 50.8 Å². The maximum absolute atomic E-state index is 14.0. The van der Waals surface area contributed by atoms with Crippen LogP contribution in [-0.2, 0) is 20.9 Å². The van der Waals surface area contributed by atoms with Gasteiger partial charge in [-0.25, -0.2) is 18.0 Å². The number of carbonyl (C=O) groups is 1. The summed E-state index contributed by atoms with van der Waals surface area (Å²) in [6.07, 6.45) is -3.52. The number of hydrogen-bond acceptors (Lipinski definition) is 7. The first kappa shape index (κ1) is 27.0. The Bertz CT molecular complexity index is 1520. The summed E-state index contributed by atoms with van der Waals surface area (Å²) in [5, 5.41) is 3.56. The lowest BCUT2D eigenvalue weighted by Gasteiger charge is -2.21. The van der Waals surface area contributed by atoms with Crippen molar-refractivity contribution in [2.45, 2.75) is 45.8 Å². The number of alkyl halides is 3. The molecule has 11 nitrogen and oxygen atoms in total. The number of H-pyrrole nitrogens is 1. The standard InChI is InChI=1S/C21H24F3N5O6S/c1-5-6-9-35-20(32)29(36(4,33)34)28-18(30)14-10-13(17-7-8-25-27(17)12(2)3)15(21(22,23)24)11-16(14)26-19(28)31/h7-8,10-12H,5-6,9H2,1-4H3,(H,26,31). The smallest absolute Gasteiger partial charge is 0.444 e. The number of aromatic nitrogens is 4. The molecular formula is C21H24F3N5O6S. The topological polar surface area (TPSA) is 136 Å². The number of carbonyl (C=O) groups excluding carboxylic acids is 1. The van der Waals surface area contributed by atoms with Crippen LogP contribution in [0.5, 0.6) is 0 Å². The third-order valence-electron chi connectivity index (χ3n) is 5.13. The number of hydrogen-bond donors (Lipinski definition) is 1. The highest BCUT2D eigenvalue weighted by Gasteiger charge is 2.36. The molecule has 0 saturated heterocycles. The highest BCUT2D eigenvalue weighted by molar-refractivity contribution is 7.92. The summed E-state index contributed by atoms with van der Waals surface area (Å²) >= 11 is 0. The quantitative estimate of drug-likeness (QED) is 0.463. The Morgan fingerprint density at radius 1 is 1.25 bits per heavy atom. The van der Waals surface area contributed by atoms with Gasteiger partial charge in [0.05, 0.1) is 35.0 Å². The third-order valence-corrected chi connectivity index (χ3v) is 6.07. The van der Waals surface area contributed by atoms with Gasteiger partial charge >= 0.3 is 18.0 Å². The van der Waals surface area contributed by atoms with Gasteiger partial charge in [0.1, 0.15) is 0 Å². The Balaban J connectivity index is 2.36. The molecule has 1 N–H and O–H groups in total. The van der Waals surface area contributed by atoms with Crippen LogP contribution in [0, 0.1) is 0 Å². The fourth-order valence-electron chi connectivity index (χ4n) is 3.53. The molecule has 0 unspecified atom stereocenters. The summed E-state index contributed by atoms with van der Waals surface area (Å²) < 4.78 is 72.6. The summed E-state index contributed by atoms with van der Waals surface area (Å²) in [6, 6.07) is 2.46. The van der Waals surface area contributed by atoms with E-state index in [1.165, 1.54) is 16.9 Å². The van der Waals surface area contributed by atoms with Crippen molar-refractivity contribution in [3.63, 3.8) is 0 Å². The molecule has 196 valence electrons. The van der Waals surface area contributed by atoms with Gasteiger partial charge in [-0.1, -0.05) is 17.8 Å². The molecule has 1 amide bonds. The van der Waals surface area contributed by atoms with Crippen molar-refractivity contribution < 1.29 is 31.1 Å². The highest BCUT2D eigenvalue weighted by Crippen LogP contribution is 2.39. The van der Waals surface area contributed by atoms with Gasteiger partial charge in [0.25, 0.3) is 15.6 Å². The molecule has 0 atom stereocenters. The number of nitrogens with zero attached hydrogens (tertiary/aromatic N) is 4. The van der Waals surface area contributed by atoms with Gasteiger partial charge in [0, 0.05) is 17.8 Å². The lowest BCUT2D eigenvalue weighted by atomic mass is 10.0. The molecule has 0 aliphatic carbocycles. The van der Waals surface area contributed by atoms with Gasteiger partial charge in [-0.15, -0.1) is 4.68 Å². The molecule has 2 heterocycles. The summed E-state index contributed by atoms with van der Waals surface area (Å²) in [5.74, 6) is 0. The molecular weight excluding hydrogens is 507 g/mol. The summed E-state index contributed by atoms with van der Waals surface area (Å²) in [7, 11) is -4.56. The first-order chi connectivity index (χ1) is 16.7. The molecule has 2 aromatic heterocycles. The first-order valence-electron chi connectivity index (χ1n) is 10.8. The lowest BCUT2D eigenvalue weighted by molar-refractivity contribution is -0.137. The number of rotatable bonds is 7. The van der Waals surface area contributed by atoms with Gasteiger partial charge in [-0.2, -0.15) is 18.3 Å². The van der Waals surface area contributed by atoms with E-state index in [1.54, 1.807) is 20.8 Å². The van der Waals surface area contributed by atoms with Crippen molar-refractivity contribution in [2.75, 3.05) is 17.3 Å². The Morgan fingerprint density at radius 3 is 2.47 bits per heavy atom. The summed E-state index contributed by atoms with van der Waals surface area (Å²) in [4.78, 5) is 40.6. The molecule has 1 aromatic carbocycles. The zero-order valence-electron chi connectivity index (χ0n) is 19.8. The second kappa shape index (κ2) is 9.79. The largest absolute Gasteiger partial charge is 0.447 e. The average Bonchev–Trinajstić information content (AvgIpc) is 3.24. The Morgan fingerprint density at radius 2 is 1.92 bits per heavy atom. The number of nitrogens with one attached hydrogen (secondary N) is 1. The van der Waals surface area contributed by atoms with Crippen molar-refractivity contribution in [1.82, 2.24) is 19.4 Å². The maximum Gasteiger partial charge on any atom is 0.444 e. The number of sulfonamides is 1. The molecule has 36 heavy (non-hydrogen) atoms. The Labute approximate surface area is 203 Å². The second-order valence-corrected chi connectivity index (χ2v) is 10.0. The van der Waals surface area contributed by atoms with Crippen molar-refractivity contribution >= 4 is 27.0 Å². The normalized spacial score (nSPS) is 12.3. The molecule has 3 aromatic rings. The molecule has 0 aliphatic heterocycles. The van der Waals surface area contributed by atoms with Gasteiger partial charge in [-0.05, 0) is 38.5 Å². The number of unbranched alkanes of at least 4 members (excludes halogenated alkanes) is 1. The minimum atomic E-state index is -4.87. The third kappa shape index (κ3) is 5.15. The van der Waals surface area contributed by atoms with Crippen molar-refractivity contribution in [3.8, 4) is 11.3 Å². The van der Waals surface area contributed by atoms with Crippen molar-refractivity contribution in [2.24, 2.45) is 0 Å². The van der Waals surface area contributed by atoms with E-state index >= 15 is 0 Å². The predicted molar refractivity (Wildman–Crippen MR) is 125 cm³/mol. The van der Waals surface area contributed by atoms with E-state index in [9.17, 15) is 36.0 Å². The lowest BCUT2D eigenvalue weighted by Crippen LogP contribution is -2.56. The molecule has 0 radical (unpaired) electrons. The summed E-state index contributed by atoms with van der Waals surface area (Å²) in [5.41, 5.74) is -4.82. The number of fused-ring (bicyclic) bond motifs is 1. The van der Waals surface area contributed by atoms with E-state index in [1.807, 2.05) is 0 Å². The summed E-state index contributed by atoms with van der Waals surface area (Å²) in [6.45, 7) is 5.01. The highest BCUT2D eigenvalue weighted by atomic mass is 32.2. The Hall–Kier alpha value is -3.62. The van der Waals surface area contributed by atoms with Crippen LogP contribution in [0.1, 0.15) is 45.2 Å². The van der Waals surface area contributed by atoms with Gasteiger partial charge < -0.3 is 9.72 Å². The monoisotopic (exact) mass is 531 g/mol. The van der Waals surface area contributed by atoms with Crippen LogP contribution >= 0.6 is 0 Å². The zero-order valence-corrected chi connectivity index (χ0v) is 20.6. The van der Waals surface area contributed by atoms with Crippen LogP contribution in [0.15, 0.2) is 34.0 Å². The molecule has 0 saturated carbocycles. The van der Waals surface area contributed by atoms with E-state index < -0.39 is 55.6 Å². The van der Waals surface area contributed by atoms with Gasteiger partial charge in [0.2, 0.25) is 0 Å².